The third-order valence-electron chi connectivity index (χ3n) is 1.96. The largest absolute Gasteiger partial charge is 0.507 e. The summed E-state index contributed by atoms with van der Waals surface area (Å²) >= 11 is 0. The van der Waals surface area contributed by atoms with Crippen LogP contribution in [0.5, 0.6) is 5.75 Å². The molecule has 0 aliphatic carbocycles. The Kier molecular flexibility index (Phi) is 4.13. The molecular formula is C11H15NO2. The molecule has 1 rings (SSSR count). The average molecular weight is 193 g/mol. The van der Waals surface area contributed by atoms with Gasteiger partial charge in [0.25, 0.3) is 0 Å². The molecular weight excluding hydrogens is 178 g/mol. The number of benzene rings is 1. The minimum Gasteiger partial charge on any atom is -0.507 e. The molecule has 0 atom stereocenters. The molecule has 0 saturated heterocycles. The molecule has 3 heteroatoms. The minimum absolute atomic E-state index is 0.150. The Balaban J connectivity index is 2.73. The number of aliphatic hydroxyl groups is 1. The minimum atomic E-state index is 0.150. The topological polar surface area (TPSA) is 52.8 Å². The standard InChI is InChI=1S/C11H15NO2/c1-9(12-7-4-8-13)10-5-2-3-6-11(10)14/h2-3,5-6,13-14H,4,7-8H2,1H3. The van der Waals surface area contributed by atoms with Crippen LogP contribution in [0, 0.1) is 0 Å². The van der Waals surface area contributed by atoms with Crippen LogP contribution in [0.2, 0.25) is 0 Å². The van der Waals surface area contributed by atoms with Crippen molar-refractivity contribution in [2.24, 2.45) is 4.99 Å². The normalized spacial score (nSPS) is 11.7. The van der Waals surface area contributed by atoms with E-state index in [0.717, 1.165) is 11.3 Å². The van der Waals surface area contributed by atoms with Crippen LogP contribution < -0.4 is 0 Å². The van der Waals surface area contributed by atoms with Crippen molar-refractivity contribution < 1.29 is 10.2 Å². The first kappa shape index (κ1) is 10.7. The SMILES string of the molecule is CC(=NCCCO)c1ccccc1O. The molecule has 0 amide bonds. The van der Waals surface area contributed by atoms with Crippen molar-refractivity contribution in [2.75, 3.05) is 13.2 Å². The van der Waals surface area contributed by atoms with Crippen molar-refractivity contribution >= 4 is 5.71 Å². The van der Waals surface area contributed by atoms with Gasteiger partial charge in [0, 0.05) is 24.4 Å². The van der Waals surface area contributed by atoms with E-state index in [1.54, 1.807) is 12.1 Å². The number of aromatic hydroxyl groups is 1. The highest BCUT2D eigenvalue weighted by molar-refractivity contribution is 6.00. The predicted molar refractivity (Wildman–Crippen MR) is 56.9 cm³/mol. The summed E-state index contributed by atoms with van der Waals surface area (Å²) in [5.74, 6) is 0.248. The fourth-order valence-electron chi connectivity index (χ4n) is 1.18. The van der Waals surface area contributed by atoms with Gasteiger partial charge in [-0.15, -0.1) is 0 Å². The van der Waals surface area contributed by atoms with Crippen molar-refractivity contribution in [1.82, 2.24) is 0 Å². The van der Waals surface area contributed by atoms with Gasteiger partial charge in [-0.1, -0.05) is 12.1 Å². The van der Waals surface area contributed by atoms with E-state index in [-0.39, 0.29) is 12.4 Å². The highest BCUT2D eigenvalue weighted by Crippen LogP contribution is 2.16. The maximum atomic E-state index is 9.51. The molecule has 0 saturated carbocycles. The maximum Gasteiger partial charge on any atom is 0.124 e. The fourth-order valence-corrected chi connectivity index (χ4v) is 1.18. The van der Waals surface area contributed by atoms with Crippen LogP contribution in [0.1, 0.15) is 18.9 Å². The first-order valence-electron chi connectivity index (χ1n) is 4.66. The number of rotatable bonds is 4. The van der Waals surface area contributed by atoms with E-state index < -0.39 is 0 Å². The molecule has 0 aliphatic rings. The molecule has 0 aliphatic heterocycles. The van der Waals surface area contributed by atoms with E-state index in [9.17, 15) is 5.11 Å². The van der Waals surface area contributed by atoms with Gasteiger partial charge in [0.1, 0.15) is 5.75 Å². The Morgan fingerprint density at radius 2 is 2.07 bits per heavy atom. The van der Waals surface area contributed by atoms with Gasteiger partial charge >= 0.3 is 0 Å². The first-order chi connectivity index (χ1) is 6.75. The van der Waals surface area contributed by atoms with Gasteiger partial charge in [0.15, 0.2) is 0 Å². The van der Waals surface area contributed by atoms with E-state index >= 15 is 0 Å². The Hall–Kier alpha value is -1.35. The number of hydrogen-bond donors (Lipinski definition) is 2. The summed E-state index contributed by atoms with van der Waals surface area (Å²) in [6, 6.07) is 7.10. The van der Waals surface area contributed by atoms with E-state index in [1.165, 1.54) is 0 Å². The van der Waals surface area contributed by atoms with Crippen molar-refractivity contribution in [3.05, 3.63) is 29.8 Å². The Morgan fingerprint density at radius 3 is 2.71 bits per heavy atom. The lowest BCUT2D eigenvalue weighted by molar-refractivity contribution is 0.291. The average Bonchev–Trinajstić information content (AvgIpc) is 2.18. The lowest BCUT2D eigenvalue weighted by atomic mass is 10.1. The number of phenolic OH excluding ortho intramolecular Hbond substituents is 1. The zero-order valence-corrected chi connectivity index (χ0v) is 8.27. The molecule has 0 unspecified atom stereocenters. The van der Waals surface area contributed by atoms with E-state index in [1.807, 2.05) is 19.1 Å². The maximum absolute atomic E-state index is 9.51. The second-order valence-electron chi connectivity index (χ2n) is 3.06. The van der Waals surface area contributed by atoms with Gasteiger partial charge in [-0.25, -0.2) is 0 Å². The molecule has 3 nitrogen and oxygen atoms in total. The Bertz CT molecular complexity index is 321. The third-order valence-corrected chi connectivity index (χ3v) is 1.96. The first-order valence-corrected chi connectivity index (χ1v) is 4.66. The molecule has 1 aromatic carbocycles. The van der Waals surface area contributed by atoms with Crippen LogP contribution in [-0.4, -0.2) is 29.1 Å². The van der Waals surface area contributed by atoms with Crippen LogP contribution in [-0.2, 0) is 0 Å². The van der Waals surface area contributed by atoms with Crippen molar-refractivity contribution in [1.29, 1.82) is 0 Å². The van der Waals surface area contributed by atoms with Crippen molar-refractivity contribution in [3.8, 4) is 5.75 Å². The molecule has 0 radical (unpaired) electrons. The molecule has 0 heterocycles. The van der Waals surface area contributed by atoms with Crippen LogP contribution in [0.3, 0.4) is 0 Å². The summed E-state index contributed by atoms with van der Waals surface area (Å²) in [6.07, 6.45) is 0.658. The highest BCUT2D eigenvalue weighted by Gasteiger charge is 2.01. The van der Waals surface area contributed by atoms with E-state index in [0.29, 0.717) is 13.0 Å². The van der Waals surface area contributed by atoms with Gasteiger partial charge in [-0.3, -0.25) is 4.99 Å². The van der Waals surface area contributed by atoms with Crippen LogP contribution >= 0.6 is 0 Å². The van der Waals surface area contributed by atoms with Crippen LogP contribution in [0.4, 0.5) is 0 Å². The third kappa shape index (κ3) is 2.85. The molecule has 0 aromatic heterocycles. The number of aliphatic hydroxyl groups excluding tert-OH is 1. The molecule has 1 aromatic rings. The zero-order valence-electron chi connectivity index (χ0n) is 8.27. The molecule has 0 spiro atoms. The van der Waals surface area contributed by atoms with Crippen LogP contribution in [0.25, 0.3) is 0 Å². The lowest BCUT2D eigenvalue weighted by Crippen LogP contribution is -1.97. The van der Waals surface area contributed by atoms with Gasteiger partial charge in [-0.05, 0) is 25.5 Å². The molecule has 14 heavy (non-hydrogen) atoms. The molecule has 76 valence electrons. The summed E-state index contributed by atoms with van der Waals surface area (Å²) in [6.45, 7) is 2.60. The number of phenols is 1. The van der Waals surface area contributed by atoms with E-state index in [4.69, 9.17) is 5.11 Å². The summed E-state index contributed by atoms with van der Waals surface area (Å²) in [5.41, 5.74) is 1.56. The number of nitrogens with zero attached hydrogens (tertiary/aromatic N) is 1. The fraction of sp³-hybridized carbons (Fsp3) is 0.364. The monoisotopic (exact) mass is 193 g/mol. The van der Waals surface area contributed by atoms with Gasteiger partial charge in [0.2, 0.25) is 0 Å². The molecule has 2 N–H and O–H groups in total. The van der Waals surface area contributed by atoms with Crippen molar-refractivity contribution in [3.63, 3.8) is 0 Å². The van der Waals surface area contributed by atoms with Gasteiger partial charge in [0.05, 0.1) is 0 Å². The number of hydrogen-bond acceptors (Lipinski definition) is 3. The number of para-hydroxylation sites is 1. The Labute approximate surface area is 83.7 Å². The second kappa shape index (κ2) is 5.40. The Morgan fingerprint density at radius 1 is 1.36 bits per heavy atom. The second-order valence-corrected chi connectivity index (χ2v) is 3.06. The van der Waals surface area contributed by atoms with Crippen molar-refractivity contribution in [2.45, 2.75) is 13.3 Å². The summed E-state index contributed by atoms with van der Waals surface area (Å²) < 4.78 is 0. The zero-order chi connectivity index (χ0) is 10.4. The predicted octanol–water partition coefficient (Wildman–Crippen LogP) is 1.58. The van der Waals surface area contributed by atoms with Gasteiger partial charge < -0.3 is 10.2 Å². The molecule has 0 fully saturated rings. The van der Waals surface area contributed by atoms with Gasteiger partial charge in [-0.2, -0.15) is 0 Å². The highest BCUT2D eigenvalue weighted by atomic mass is 16.3. The smallest absolute Gasteiger partial charge is 0.124 e. The van der Waals surface area contributed by atoms with Crippen LogP contribution in [0.15, 0.2) is 29.3 Å². The summed E-state index contributed by atoms with van der Waals surface area (Å²) in [4.78, 5) is 4.24. The number of aliphatic imine (C=N–C) groups is 1. The van der Waals surface area contributed by atoms with E-state index in [2.05, 4.69) is 4.99 Å². The summed E-state index contributed by atoms with van der Waals surface area (Å²) in [5, 5.41) is 18.1. The quantitative estimate of drug-likeness (QED) is 0.563. The molecule has 0 bridgehead atoms. The lowest BCUT2D eigenvalue weighted by Gasteiger charge is -2.03. The summed E-state index contributed by atoms with van der Waals surface area (Å²) in [7, 11) is 0.